The number of nitrogens with two attached hydrogens (primary N) is 2. The van der Waals surface area contributed by atoms with Gasteiger partial charge in [0.15, 0.2) is 0 Å². The Kier molecular flexibility index (Phi) is 2.97. The van der Waals surface area contributed by atoms with E-state index in [4.69, 9.17) is 16.2 Å². The molecule has 0 saturated heterocycles. The Bertz CT molecular complexity index is 352. The summed E-state index contributed by atoms with van der Waals surface area (Å²) >= 11 is 2.05. The number of hydrogen-bond acceptors (Lipinski definition) is 3. The number of carbonyl (C=O) groups excluding carboxylic acids is 1. The molecule has 1 amide bonds. The Morgan fingerprint density at radius 3 is 2.62 bits per heavy atom. The molecule has 0 atom stereocenters. The predicted octanol–water partition coefficient (Wildman–Crippen LogP) is 0.981. The smallest absolute Gasteiger partial charge is 0.250 e. The molecule has 1 aromatic rings. The number of carbonyl (C=O) groups is 1. The minimum absolute atomic E-state index is 0.324. The van der Waals surface area contributed by atoms with Crippen LogP contribution in [-0.2, 0) is 0 Å². The van der Waals surface area contributed by atoms with Gasteiger partial charge in [0.1, 0.15) is 5.75 Å². The lowest BCUT2D eigenvalue weighted by molar-refractivity contribution is 0.100. The molecule has 1 aromatic carbocycles. The van der Waals surface area contributed by atoms with Crippen molar-refractivity contribution < 1.29 is 9.53 Å². The summed E-state index contributed by atoms with van der Waals surface area (Å²) in [5, 5.41) is 0. The van der Waals surface area contributed by atoms with Crippen LogP contribution in [0.2, 0.25) is 0 Å². The van der Waals surface area contributed by atoms with Gasteiger partial charge in [0.05, 0.1) is 16.2 Å². The fourth-order valence-electron chi connectivity index (χ4n) is 0.939. The van der Waals surface area contributed by atoms with Gasteiger partial charge in [-0.3, -0.25) is 4.79 Å². The Balaban J connectivity index is 3.28. The zero-order valence-corrected chi connectivity index (χ0v) is 9.16. The number of rotatable bonds is 2. The standard InChI is InChI=1S/C8H9IN2O2/c1-13-7-3-6(10)4(8(11)12)2-5(7)9/h2-3H,10H2,1H3,(H2,11,12). The van der Waals surface area contributed by atoms with Gasteiger partial charge >= 0.3 is 0 Å². The third kappa shape index (κ3) is 2.03. The summed E-state index contributed by atoms with van der Waals surface area (Å²) in [5.74, 6) is 0.112. The highest BCUT2D eigenvalue weighted by Gasteiger charge is 2.09. The lowest BCUT2D eigenvalue weighted by Crippen LogP contribution is -2.13. The number of amides is 1. The van der Waals surface area contributed by atoms with Crippen LogP contribution in [0, 0.1) is 3.57 Å². The SMILES string of the molecule is COc1cc(N)c(C(N)=O)cc1I. The molecule has 0 radical (unpaired) electrons. The average Bonchev–Trinajstić information content (AvgIpc) is 2.07. The molecule has 0 aliphatic heterocycles. The average molecular weight is 292 g/mol. The number of primary amides is 1. The molecule has 4 N–H and O–H groups in total. The molecular formula is C8H9IN2O2. The van der Waals surface area contributed by atoms with Crippen LogP contribution in [0.5, 0.6) is 5.75 Å². The Morgan fingerprint density at radius 2 is 2.15 bits per heavy atom. The minimum Gasteiger partial charge on any atom is -0.496 e. The summed E-state index contributed by atoms with van der Waals surface area (Å²) < 4.78 is 5.83. The van der Waals surface area contributed by atoms with Crippen LogP contribution in [-0.4, -0.2) is 13.0 Å². The second-order valence-electron chi connectivity index (χ2n) is 2.44. The first-order valence-corrected chi connectivity index (χ1v) is 4.57. The molecule has 0 heterocycles. The number of benzene rings is 1. The van der Waals surface area contributed by atoms with Crippen LogP contribution >= 0.6 is 22.6 Å². The van der Waals surface area contributed by atoms with E-state index in [1.54, 1.807) is 19.2 Å². The first-order valence-electron chi connectivity index (χ1n) is 3.49. The Morgan fingerprint density at radius 1 is 1.54 bits per heavy atom. The van der Waals surface area contributed by atoms with E-state index in [9.17, 15) is 4.79 Å². The second-order valence-corrected chi connectivity index (χ2v) is 3.60. The summed E-state index contributed by atoms with van der Waals surface area (Å²) in [4.78, 5) is 10.9. The zero-order valence-electron chi connectivity index (χ0n) is 7.00. The van der Waals surface area contributed by atoms with Gasteiger partial charge in [-0.15, -0.1) is 0 Å². The summed E-state index contributed by atoms with van der Waals surface area (Å²) in [6, 6.07) is 3.19. The van der Waals surface area contributed by atoms with Crippen molar-refractivity contribution in [3.63, 3.8) is 0 Å². The molecule has 70 valence electrons. The molecule has 5 heteroatoms. The van der Waals surface area contributed by atoms with Crippen molar-refractivity contribution in [3.8, 4) is 5.75 Å². The van der Waals surface area contributed by atoms with Crippen molar-refractivity contribution in [1.82, 2.24) is 0 Å². The zero-order chi connectivity index (χ0) is 10.0. The molecule has 0 saturated carbocycles. The molecule has 0 bridgehead atoms. The predicted molar refractivity (Wildman–Crippen MR) is 58.6 cm³/mol. The van der Waals surface area contributed by atoms with E-state index >= 15 is 0 Å². The van der Waals surface area contributed by atoms with E-state index in [2.05, 4.69) is 0 Å². The van der Waals surface area contributed by atoms with E-state index in [0.29, 0.717) is 17.0 Å². The molecule has 0 aromatic heterocycles. The Labute approximate surface area is 89.4 Å². The molecule has 0 aliphatic rings. The summed E-state index contributed by atoms with van der Waals surface area (Å²) in [6.07, 6.45) is 0. The van der Waals surface area contributed by atoms with Crippen molar-refractivity contribution in [2.45, 2.75) is 0 Å². The summed E-state index contributed by atoms with van der Waals surface area (Å²) in [6.45, 7) is 0. The molecule has 0 aliphatic carbocycles. The monoisotopic (exact) mass is 292 g/mol. The first kappa shape index (κ1) is 10.1. The molecule has 13 heavy (non-hydrogen) atoms. The van der Waals surface area contributed by atoms with Gasteiger partial charge in [0.25, 0.3) is 5.91 Å². The fourth-order valence-corrected chi connectivity index (χ4v) is 1.63. The van der Waals surface area contributed by atoms with E-state index in [0.717, 1.165) is 3.57 Å². The third-order valence-corrected chi connectivity index (χ3v) is 2.43. The van der Waals surface area contributed by atoms with Crippen molar-refractivity contribution in [3.05, 3.63) is 21.3 Å². The quantitative estimate of drug-likeness (QED) is 0.630. The highest BCUT2D eigenvalue weighted by Crippen LogP contribution is 2.26. The molecule has 0 unspecified atom stereocenters. The number of nitrogen functional groups attached to an aromatic ring is 1. The lowest BCUT2D eigenvalue weighted by Gasteiger charge is -2.07. The van der Waals surface area contributed by atoms with E-state index in [-0.39, 0.29) is 0 Å². The highest BCUT2D eigenvalue weighted by atomic mass is 127. The number of methoxy groups -OCH3 is 1. The lowest BCUT2D eigenvalue weighted by atomic mass is 10.1. The largest absolute Gasteiger partial charge is 0.496 e. The normalized spacial score (nSPS) is 9.69. The fraction of sp³-hybridized carbons (Fsp3) is 0.125. The van der Waals surface area contributed by atoms with E-state index in [1.165, 1.54) is 0 Å². The van der Waals surface area contributed by atoms with Crippen LogP contribution in [0.1, 0.15) is 10.4 Å². The maximum Gasteiger partial charge on any atom is 0.250 e. The van der Waals surface area contributed by atoms with Crippen LogP contribution in [0.25, 0.3) is 0 Å². The summed E-state index contributed by atoms with van der Waals surface area (Å²) in [7, 11) is 1.54. The van der Waals surface area contributed by atoms with Gasteiger partial charge in [-0.2, -0.15) is 0 Å². The first-order chi connectivity index (χ1) is 6.06. The van der Waals surface area contributed by atoms with Crippen LogP contribution in [0.4, 0.5) is 5.69 Å². The molecule has 1 rings (SSSR count). The number of anilines is 1. The number of hydrogen-bond donors (Lipinski definition) is 2. The van der Waals surface area contributed by atoms with Crippen LogP contribution in [0.15, 0.2) is 12.1 Å². The number of halogens is 1. The van der Waals surface area contributed by atoms with Crippen molar-refractivity contribution in [2.75, 3.05) is 12.8 Å². The van der Waals surface area contributed by atoms with Gasteiger partial charge in [0, 0.05) is 11.8 Å². The molecule has 0 fully saturated rings. The van der Waals surface area contributed by atoms with Crippen LogP contribution in [0.3, 0.4) is 0 Å². The maximum absolute atomic E-state index is 10.9. The van der Waals surface area contributed by atoms with Gasteiger partial charge in [-0.1, -0.05) is 0 Å². The van der Waals surface area contributed by atoms with Gasteiger partial charge in [-0.05, 0) is 28.7 Å². The summed E-state index contributed by atoms with van der Waals surface area (Å²) in [5.41, 5.74) is 11.4. The van der Waals surface area contributed by atoms with Crippen molar-refractivity contribution in [1.29, 1.82) is 0 Å². The molecular weight excluding hydrogens is 283 g/mol. The van der Waals surface area contributed by atoms with Gasteiger partial charge in [0.2, 0.25) is 0 Å². The molecule has 0 spiro atoms. The van der Waals surface area contributed by atoms with E-state index < -0.39 is 5.91 Å². The highest BCUT2D eigenvalue weighted by molar-refractivity contribution is 14.1. The van der Waals surface area contributed by atoms with Gasteiger partial charge < -0.3 is 16.2 Å². The molecule has 4 nitrogen and oxygen atoms in total. The third-order valence-electron chi connectivity index (χ3n) is 1.59. The second kappa shape index (κ2) is 3.82. The van der Waals surface area contributed by atoms with E-state index in [1.807, 2.05) is 22.6 Å². The van der Waals surface area contributed by atoms with Gasteiger partial charge in [-0.25, -0.2) is 0 Å². The Hall–Kier alpha value is -0.980. The number of ether oxygens (including phenoxy) is 1. The minimum atomic E-state index is -0.530. The maximum atomic E-state index is 10.9. The van der Waals surface area contributed by atoms with Crippen molar-refractivity contribution in [2.24, 2.45) is 5.73 Å². The van der Waals surface area contributed by atoms with Crippen molar-refractivity contribution >= 4 is 34.2 Å². The topological polar surface area (TPSA) is 78.3 Å². The van der Waals surface area contributed by atoms with Crippen LogP contribution < -0.4 is 16.2 Å².